The number of hydrogen-bond acceptors (Lipinski definition) is 3. The first-order valence-electron chi connectivity index (χ1n) is 4.74. The minimum absolute atomic E-state index is 0.750. The number of hydrogen-bond donors (Lipinski definition) is 0. The summed E-state index contributed by atoms with van der Waals surface area (Å²) in [4.78, 5) is 2.61. The van der Waals surface area contributed by atoms with Crippen LogP contribution < -0.4 is 0 Å². The van der Waals surface area contributed by atoms with E-state index in [0.717, 1.165) is 24.5 Å². The minimum Gasteiger partial charge on any atom is -0.378 e. The number of thioether (sulfide) groups is 1. The molecule has 2 saturated heterocycles. The molecule has 0 spiro atoms. The largest absolute Gasteiger partial charge is 0.378 e. The van der Waals surface area contributed by atoms with Gasteiger partial charge in [-0.05, 0) is 25.6 Å². The fourth-order valence-electron chi connectivity index (χ4n) is 1.92. The van der Waals surface area contributed by atoms with Gasteiger partial charge in [0.2, 0.25) is 0 Å². The van der Waals surface area contributed by atoms with Crippen molar-refractivity contribution < 1.29 is 4.74 Å². The zero-order valence-electron chi connectivity index (χ0n) is 7.66. The lowest BCUT2D eigenvalue weighted by atomic mass is 10.1. The topological polar surface area (TPSA) is 12.5 Å². The summed E-state index contributed by atoms with van der Waals surface area (Å²) >= 11 is 2.02. The van der Waals surface area contributed by atoms with Crippen LogP contribution in [0.5, 0.6) is 0 Å². The number of nitrogens with zero attached hydrogens (tertiary/aromatic N) is 1. The van der Waals surface area contributed by atoms with Crippen LogP contribution in [0.4, 0.5) is 0 Å². The Bertz CT molecular complexity index is 149. The monoisotopic (exact) mass is 187 g/mol. The van der Waals surface area contributed by atoms with Gasteiger partial charge in [-0.3, -0.25) is 4.90 Å². The molecule has 3 heteroatoms. The lowest BCUT2D eigenvalue weighted by molar-refractivity contribution is -0.0690. The molecular formula is C9H17NOS. The van der Waals surface area contributed by atoms with Crippen molar-refractivity contribution in [2.45, 2.75) is 24.1 Å². The molecule has 0 aromatic heterocycles. The summed E-state index contributed by atoms with van der Waals surface area (Å²) in [7, 11) is 0. The number of likely N-dealkylation sites (tertiary alicyclic amines) is 1. The van der Waals surface area contributed by atoms with Gasteiger partial charge in [0.05, 0.1) is 19.3 Å². The first-order chi connectivity index (χ1) is 5.90. The standard InChI is InChI=1S/C9H17NOS/c1-12-9-3-2-4-10(5-9)8-6-11-7-8/h8-9H,2-7H2,1H3/t9-/m1/s1. The van der Waals surface area contributed by atoms with E-state index in [1.807, 2.05) is 11.8 Å². The molecule has 2 heterocycles. The molecule has 0 bridgehead atoms. The molecule has 1 atom stereocenters. The molecule has 2 aliphatic heterocycles. The van der Waals surface area contributed by atoms with Crippen molar-refractivity contribution in [1.82, 2.24) is 4.90 Å². The van der Waals surface area contributed by atoms with E-state index < -0.39 is 0 Å². The highest BCUT2D eigenvalue weighted by Crippen LogP contribution is 2.23. The van der Waals surface area contributed by atoms with Crippen LogP contribution in [-0.2, 0) is 4.74 Å². The normalized spacial score (nSPS) is 33.2. The van der Waals surface area contributed by atoms with Gasteiger partial charge in [-0.15, -0.1) is 0 Å². The van der Waals surface area contributed by atoms with E-state index in [1.54, 1.807) is 0 Å². The highest BCUT2D eigenvalue weighted by atomic mass is 32.2. The fraction of sp³-hybridized carbons (Fsp3) is 1.00. The second-order valence-corrected chi connectivity index (χ2v) is 4.82. The Morgan fingerprint density at radius 3 is 2.83 bits per heavy atom. The molecule has 0 unspecified atom stereocenters. The van der Waals surface area contributed by atoms with E-state index in [9.17, 15) is 0 Å². The Kier molecular flexibility index (Phi) is 2.94. The van der Waals surface area contributed by atoms with Crippen LogP contribution in [-0.4, -0.2) is 48.8 Å². The van der Waals surface area contributed by atoms with Gasteiger partial charge in [-0.25, -0.2) is 0 Å². The van der Waals surface area contributed by atoms with Gasteiger partial charge in [-0.2, -0.15) is 11.8 Å². The maximum atomic E-state index is 5.21. The first-order valence-corrected chi connectivity index (χ1v) is 6.03. The van der Waals surface area contributed by atoms with Crippen molar-refractivity contribution in [1.29, 1.82) is 0 Å². The second kappa shape index (κ2) is 3.99. The van der Waals surface area contributed by atoms with Crippen LogP contribution in [0.1, 0.15) is 12.8 Å². The quantitative estimate of drug-likeness (QED) is 0.645. The van der Waals surface area contributed by atoms with Gasteiger partial charge in [-0.1, -0.05) is 0 Å². The minimum atomic E-state index is 0.750. The summed E-state index contributed by atoms with van der Waals surface area (Å²) in [5.74, 6) is 0. The maximum Gasteiger partial charge on any atom is 0.0645 e. The Balaban J connectivity index is 1.81. The SMILES string of the molecule is CS[C@@H]1CCCN(C2COC2)C1. The molecule has 12 heavy (non-hydrogen) atoms. The maximum absolute atomic E-state index is 5.21. The summed E-state index contributed by atoms with van der Waals surface area (Å²) in [5, 5.41) is 0.874. The molecule has 0 aromatic carbocycles. The van der Waals surface area contributed by atoms with Crippen LogP contribution in [0.25, 0.3) is 0 Å². The van der Waals surface area contributed by atoms with E-state index >= 15 is 0 Å². The molecule has 0 radical (unpaired) electrons. The van der Waals surface area contributed by atoms with Crippen LogP contribution in [0.3, 0.4) is 0 Å². The molecule has 0 N–H and O–H groups in total. The molecule has 2 nitrogen and oxygen atoms in total. The molecule has 0 aliphatic carbocycles. The molecule has 2 rings (SSSR count). The Hall–Kier alpha value is 0.270. The van der Waals surface area contributed by atoms with E-state index in [0.29, 0.717) is 0 Å². The van der Waals surface area contributed by atoms with Gasteiger partial charge in [0.25, 0.3) is 0 Å². The zero-order valence-corrected chi connectivity index (χ0v) is 8.48. The van der Waals surface area contributed by atoms with Crippen molar-refractivity contribution in [2.24, 2.45) is 0 Å². The summed E-state index contributed by atoms with van der Waals surface area (Å²) in [6, 6.07) is 0.750. The van der Waals surface area contributed by atoms with Gasteiger partial charge >= 0.3 is 0 Å². The first kappa shape index (κ1) is 8.85. The molecule has 0 saturated carbocycles. The predicted molar refractivity (Wildman–Crippen MR) is 52.7 cm³/mol. The molecule has 0 aromatic rings. The lowest BCUT2D eigenvalue weighted by Crippen LogP contribution is -2.53. The van der Waals surface area contributed by atoms with Crippen LogP contribution in [0, 0.1) is 0 Å². The number of ether oxygens (including phenoxy) is 1. The van der Waals surface area contributed by atoms with E-state index in [-0.39, 0.29) is 0 Å². The summed E-state index contributed by atoms with van der Waals surface area (Å²) in [6.45, 7) is 4.53. The van der Waals surface area contributed by atoms with Crippen LogP contribution in [0.15, 0.2) is 0 Å². The van der Waals surface area contributed by atoms with Gasteiger partial charge in [0.15, 0.2) is 0 Å². The smallest absolute Gasteiger partial charge is 0.0645 e. The van der Waals surface area contributed by atoms with Crippen LogP contribution >= 0.6 is 11.8 Å². The molecule has 2 aliphatic rings. The average molecular weight is 187 g/mol. The highest BCUT2D eigenvalue weighted by Gasteiger charge is 2.29. The third kappa shape index (κ3) is 1.78. The Morgan fingerprint density at radius 1 is 1.42 bits per heavy atom. The third-order valence-corrected chi connectivity index (χ3v) is 3.93. The molecule has 2 fully saturated rings. The van der Waals surface area contributed by atoms with Gasteiger partial charge < -0.3 is 4.74 Å². The average Bonchev–Trinajstić information content (AvgIpc) is 2.02. The van der Waals surface area contributed by atoms with Crippen molar-refractivity contribution in [2.75, 3.05) is 32.6 Å². The summed E-state index contributed by atoms with van der Waals surface area (Å²) < 4.78 is 5.21. The van der Waals surface area contributed by atoms with Crippen molar-refractivity contribution >= 4 is 11.8 Å². The third-order valence-electron chi connectivity index (χ3n) is 2.88. The van der Waals surface area contributed by atoms with E-state index in [4.69, 9.17) is 4.74 Å². The number of rotatable bonds is 2. The van der Waals surface area contributed by atoms with Gasteiger partial charge in [0.1, 0.15) is 0 Å². The Labute approximate surface area is 78.6 Å². The summed E-state index contributed by atoms with van der Waals surface area (Å²) in [5.41, 5.74) is 0. The molecule has 0 amide bonds. The van der Waals surface area contributed by atoms with Crippen molar-refractivity contribution in [3.8, 4) is 0 Å². The van der Waals surface area contributed by atoms with Crippen LogP contribution in [0.2, 0.25) is 0 Å². The van der Waals surface area contributed by atoms with Gasteiger partial charge in [0, 0.05) is 11.8 Å². The van der Waals surface area contributed by atoms with E-state index in [1.165, 1.54) is 25.9 Å². The Morgan fingerprint density at radius 2 is 2.25 bits per heavy atom. The lowest BCUT2D eigenvalue weighted by Gasteiger charge is -2.41. The highest BCUT2D eigenvalue weighted by molar-refractivity contribution is 7.99. The fourth-order valence-corrected chi connectivity index (χ4v) is 2.67. The van der Waals surface area contributed by atoms with Crippen molar-refractivity contribution in [3.05, 3.63) is 0 Å². The number of piperidine rings is 1. The molecular weight excluding hydrogens is 170 g/mol. The molecule has 70 valence electrons. The summed E-state index contributed by atoms with van der Waals surface area (Å²) in [6.07, 6.45) is 5.01. The second-order valence-electron chi connectivity index (χ2n) is 3.69. The zero-order chi connectivity index (χ0) is 8.39. The van der Waals surface area contributed by atoms with Crippen molar-refractivity contribution in [3.63, 3.8) is 0 Å². The van der Waals surface area contributed by atoms with E-state index in [2.05, 4.69) is 11.2 Å². The predicted octanol–water partition coefficient (Wildman–Crippen LogP) is 1.21.